The van der Waals surface area contributed by atoms with Gasteiger partial charge in [-0.05, 0) is 50.0 Å². The van der Waals surface area contributed by atoms with Gasteiger partial charge in [-0.25, -0.2) is 0 Å². The first-order chi connectivity index (χ1) is 8.34. The number of carbonyl (C=O) groups is 1. The molecule has 3 fully saturated rings. The van der Waals surface area contributed by atoms with Crippen molar-refractivity contribution in [3.63, 3.8) is 0 Å². The van der Waals surface area contributed by atoms with E-state index in [1.54, 1.807) is 0 Å². The first kappa shape index (κ1) is 11.8. The molecule has 2 saturated heterocycles. The number of hydrogen-bond acceptors (Lipinski definition) is 3. The fourth-order valence-corrected chi connectivity index (χ4v) is 4.03. The molecule has 1 unspecified atom stereocenters. The predicted octanol–water partition coefficient (Wildman–Crippen LogP) is 1.62. The summed E-state index contributed by atoms with van der Waals surface area (Å²) in [5, 5.41) is 3.52. The Balaban J connectivity index is 1.60. The largest absolute Gasteiger partial charge is 0.338 e. The second-order valence-corrected chi connectivity index (χ2v) is 6.74. The average Bonchev–Trinajstić information content (AvgIpc) is 3.17. The van der Waals surface area contributed by atoms with Gasteiger partial charge < -0.3 is 10.2 Å². The van der Waals surface area contributed by atoms with Gasteiger partial charge in [0.05, 0.1) is 6.04 Å². The van der Waals surface area contributed by atoms with Crippen LogP contribution >= 0.6 is 11.8 Å². The lowest BCUT2D eigenvalue weighted by molar-refractivity contribution is -0.138. The molecule has 0 aromatic carbocycles. The molecule has 1 N–H and O–H groups in total. The third-order valence-electron chi connectivity index (χ3n) is 4.12. The van der Waals surface area contributed by atoms with Crippen LogP contribution in [0.2, 0.25) is 0 Å². The van der Waals surface area contributed by atoms with Crippen molar-refractivity contribution in [1.82, 2.24) is 10.2 Å². The van der Waals surface area contributed by atoms with Gasteiger partial charge in [-0.1, -0.05) is 0 Å². The Labute approximate surface area is 108 Å². The zero-order valence-corrected chi connectivity index (χ0v) is 11.2. The van der Waals surface area contributed by atoms with Gasteiger partial charge in [-0.15, -0.1) is 0 Å². The van der Waals surface area contributed by atoms with E-state index < -0.39 is 0 Å². The maximum absolute atomic E-state index is 12.4. The summed E-state index contributed by atoms with van der Waals surface area (Å²) in [7, 11) is 0. The lowest BCUT2D eigenvalue weighted by atomic mass is 10.00. The summed E-state index contributed by atoms with van der Waals surface area (Å²) in [6, 6.07) is 1.31. The van der Waals surface area contributed by atoms with E-state index in [0.717, 1.165) is 13.0 Å². The van der Waals surface area contributed by atoms with Gasteiger partial charge in [0.25, 0.3) is 0 Å². The zero-order valence-electron chi connectivity index (χ0n) is 10.4. The van der Waals surface area contributed by atoms with Crippen LogP contribution in [0.5, 0.6) is 0 Å². The van der Waals surface area contributed by atoms with E-state index in [1.165, 1.54) is 43.6 Å². The van der Waals surface area contributed by atoms with Crippen molar-refractivity contribution in [3.8, 4) is 0 Å². The molecule has 1 aliphatic carbocycles. The van der Waals surface area contributed by atoms with Crippen molar-refractivity contribution in [1.29, 1.82) is 0 Å². The van der Waals surface area contributed by atoms with Crippen molar-refractivity contribution < 1.29 is 4.79 Å². The van der Waals surface area contributed by atoms with E-state index in [0.29, 0.717) is 18.0 Å². The molecule has 0 aromatic heterocycles. The highest BCUT2D eigenvalue weighted by atomic mass is 32.2. The van der Waals surface area contributed by atoms with Crippen molar-refractivity contribution in [3.05, 3.63) is 0 Å². The van der Waals surface area contributed by atoms with Crippen LogP contribution in [0.25, 0.3) is 0 Å². The molecular weight excluding hydrogens is 232 g/mol. The second-order valence-electron chi connectivity index (χ2n) is 5.51. The molecule has 0 bridgehead atoms. The van der Waals surface area contributed by atoms with Gasteiger partial charge in [-0.3, -0.25) is 4.79 Å². The third kappa shape index (κ3) is 2.79. The fraction of sp³-hybridized carbons (Fsp3) is 0.923. The molecule has 3 aliphatic rings. The molecule has 1 saturated carbocycles. The van der Waals surface area contributed by atoms with E-state index in [9.17, 15) is 4.79 Å². The maximum atomic E-state index is 12.4. The molecule has 4 heteroatoms. The minimum Gasteiger partial charge on any atom is -0.338 e. The van der Waals surface area contributed by atoms with E-state index in [1.807, 2.05) is 11.8 Å². The average molecular weight is 254 g/mol. The number of likely N-dealkylation sites (tertiary alicyclic amines) is 1. The van der Waals surface area contributed by atoms with Crippen molar-refractivity contribution in [2.24, 2.45) is 0 Å². The molecule has 17 heavy (non-hydrogen) atoms. The first-order valence-corrected chi connectivity index (χ1v) is 8.14. The fourth-order valence-electron chi connectivity index (χ4n) is 2.95. The number of hydrogen-bond donors (Lipinski definition) is 1. The molecule has 1 amide bonds. The molecule has 1 atom stereocenters. The number of amides is 1. The number of carbonyl (C=O) groups excluding carboxylic acids is 1. The quantitative estimate of drug-likeness (QED) is 0.831. The minimum atomic E-state index is 0.130. The lowest BCUT2D eigenvalue weighted by Crippen LogP contribution is -2.55. The van der Waals surface area contributed by atoms with E-state index in [4.69, 9.17) is 0 Å². The van der Waals surface area contributed by atoms with Gasteiger partial charge in [0.2, 0.25) is 5.91 Å². The summed E-state index contributed by atoms with van der Waals surface area (Å²) < 4.78 is 0. The normalized spacial score (nSPS) is 31.9. The molecule has 96 valence electrons. The highest BCUT2D eigenvalue weighted by molar-refractivity contribution is 7.99. The molecule has 2 heterocycles. The lowest BCUT2D eigenvalue weighted by Gasteiger charge is -2.40. The summed E-state index contributed by atoms with van der Waals surface area (Å²) >= 11 is 2.03. The van der Waals surface area contributed by atoms with E-state index >= 15 is 0 Å². The first-order valence-electron chi connectivity index (χ1n) is 6.99. The Hall–Kier alpha value is -0.220. The van der Waals surface area contributed by atoms with Gasteiger partial charge in [0.1, 0.15) is 0 Å². The van der Waals surface area contributed by atoms with Crippen LogP contribution in [-0.4, -0.2) is 47.0 Å². The Bertz CT molecular complexity index is 287. The molecule has 3 rings (SSSR count). The smallest absolute Gasteiger partial charge is 0.239 e. The number of rotatable bonds is 3. The number of thioether (sulfide) groups is 1. The number of piperidine rings is 1. The zero-order chi connectivity index (χ0) is 11.7. The van der Waals surface area contributed by atoms with Crippen LogP contribution in [0.4, 0.5) is 0 Å². The standard InChI is InChI=1S/C13H22N2OS/c16-13-12(14-10-3-4-10)2-1-7-15(13)11-5-8-17-9-6-11/h10-12,14H,1-9H2. The topological polar surface area (TPSA) is 32.3 Å². The second kappa shape index (κ2) is 5.19. The van der Waals surface area contributed by atoms with Crippen LogP contribution in [0.1, 0.15) is 38.5 Å². The minimum absolute atomic E-state index is 0.130. The van der Waals surface area contributed by atoms with Gasteiger partial charge in [0.15, 0.2) is 0 Å². The monoisotopic (exact) mass is 254 g/mol. The molecule has 2 aliphatic heterocycles. The molecule has 0 radical (unpaired) electrons. The van der Waals surface area contributed by atoms with Crippen LogP contribution in [-0.2, 0) is 4.79 Å². The number of nitrogens with one attached hydrogen (secondary N) is 1. The summed E-state index contributed by atoms with van der Waals surface area (Å²) in [5.41, 5.74) is 0. The summed E-state index contributed by atoms with van der Waals surface area (Å²) in [5.74, 6) is 2.85. The highest BCUT2D eigenvalue weighted by Gasteiger charge is 2.36. The van der Waals surface area contributed by atoms with E-state index in [2.05, 4.69) is 10.2 Å². The maximum Gasteiger partial charge on any atom is 0.239 e. The van der Waals surface area contributed by atoms with Crippen molar-refractivity contribution >= 4 is 17.7 Å². The number of nitrogens with zero attached hydrogens (tertiary/aromatic N) is 1. The third-order valence-corrected chi connectivity index (χ3v) is 5.17. The highest BCUT2D eigenvalue weighted by Crippen LogP contribution is 2.27. The van der Waals surface area contributed by atoms with Crippen LogP contribution < -0.4 is 5.32 Å². The Morgan fingerprint density at radius 2 is 1.88 bits per heavy atom. The predicted molar refractivity (Wildman–Crippen MR) is 71.2 cm³/mol. The Kier molecular flexibility index (Phi) is 3.61. The van der Waals surface area contributed by atoms with Gasteiger partial charge >= 0.3 is 0 Å². The van der Waals surface area contributed by atoms with Gasteiger partial charge in [-0.2, -0.15) is 11.8 Å². The van der Waals surface area contributed by atoms with Crippen LogP contribution in [0.3, 0.4) is 0 Å². The Morgan fingerprint density at radius 3 is 2.59 bits per heavy atom. The molecule has 3 nitrogen and oxygen atoms in total. The summed E-state index contributed by atoms with van der Waals surface area (Å²) in [4.78, 5) is 14.6. The SMILES string of the molecule is O=C1C(NC2CC2)CCCN1C1CCSCC1. The summed E-state index contributed by atoms with van der Waals surface area (Å²) in [6.45, 7) is 0.997. The van der Waals surface area contributed by atoms with Gasteiger partial charge in [0, 0.05) is 18.6 Å². The van der Waals surface area contributed by atoms with Crippen LogP contribution in [0, 0.1) is 0 Å². The summed E-state index contributed by atoms with van der Waals surface area (Å²) in [6.07, 6.45) is 7.17. The molecular formula is C13H22N2OS. The van der Waals surface area contributed by atoms with E-state index in [-0.39, 0.29) is 6.04 Å². The Morgan fingerprint density at radius 1 is 1.12 bits per heavy atom. The van der Waals surface area contributed by atoms with Crippen molar-refractivity contribution in [2.75, 3.05) is 18.1 Å². The molecule has 0 aromatic rings. The van der Waals surface area contributed by atoms with Crippen LogP contribution in [0.15, 0.2) is 0 Å². The van der Waals surface area contributed by atoms with Crippen molar-refractivity contribution in [2.45, 2.75) is 56.7 Å². The molecule has 0 spiro atoms.